The van der Waals surface area contributed by atoms with Crippen molar-refractivity contribution in [3.05, 3.63) is 52.2 Å². The predicted octanol–water partition coefficient (Wildman–Crippen LogP) is 3.53. The van der Waals surface area contributed by atoms with E-state index in [1.165, 1.54) is 12.1 Å². The maximum atomic E-state index is 12.8. The maximum absolute atomic E-state index is 12.8. The normalized spacial score (nSPS) is 10.8. The second-order valence-corrected chi connectivity index (χ2v) is 7.14. The van der Waals surface area contributed by atoms with E-state index in [1.807, 2.05) is 0 Å². The van der Waals surface area contributed by atoms with Crippen LogP contribution >= 0.6 is 11.3 Å². The van der Waals surface area contributed by atoms with E-state index in [0.29, 0.717) is 5.69 Å². The number of carbonyl (C=O) groups is 3. The molecule has 8 heteroatoms. The summed E-state index contributed by atoms with van der Waals surface area (Å²) < 4.78 is 5.18. The molecule has 0 saturated heterocycles. The average molecular weight is 362 g/mol. The van der Waals surface area contributed by atoms with Crippen LogP contribution in [0.5, 0.6) is 0 Å². The molecule has 1 aromatic heterocycles. The third-order valence-corrected chi connectivity index (χ3v) is 3.91. The van der Waals surface area contributed by atoms with E-state index in [4.69, 9.17) is 9.84 Å². The van der Waals surface area contributed by atoms with E-state index < -0.39 is 23.6 Å². The smallest absolute Gasteiger partial charge is 0.427 e. The standard InChI is InChI=1S/C17H18N2O5S/c1-17(2,3)24-16(23)18-19(11-7-5-4-6-8-11)14(20)12-9-10-13(25-12)15(21)22/h4-10H,1-3H3,(H,18,23)(H,21,22). The highest BCUT2D eigenvalue weighted by Crippen LogP contribution is 2.21. The first-order valence-electron chi connectivity index (χ1n) is 7.39. The molecule has 0 atom stereocenters. The Kier molecular flexibility index (Phi) is 5.43. The van der Waals surface area contributed by atoms with Gasteiger partial charge in [0.25, 0.3) is 5.91 Å². The monoisotopic (exact) mass is 362 g/mol. The number of carboxylic acids is 1. The van der Waals surface area contributed by atoms with Crippen LogP contribution in [-0.2, 0) is 4.74 Å². The Morgan fingerprint density at radius 1 is 1.04 bits per heavy atom. The minimum Gasteiger partial charge on any atom is -0.477 e. The number of aromatic carboxylic acids is 1. The van der Waals surface area contributed by atoms with Crippen LogP contribution < -0.4 is 10.4 Å². The van der Waals surface area contributed by atoms with E-state index in [2.05, 4.69) is 5.43 Å². The summed E-state index contributed by atoms with van der Waals surface area (Å²) >= 11 is 0.829. The van der Waals surface area contributed by atoms with Crippen molar-refractivity contribution < 1.29 is 24.2 Å². The fraction of sp³-hybridized carbons (Fsp3) is 0.235. The fourth-order valence-electron chi connectivity index (χ4n) is 1.88. The van der Waals surface area contributed by atoms with Crippen molar-refractivity contribution in [2.45, 2.75) is 26.4 Å². The number of ether oxygens (including phenoxy) is 1. The van der Waals surface area contributed by atoms with Gasteiger partial charge in [-0.2, -0.15) is 0 Å². The topological polar surface area (TPSA) is 95.9 Å². The highest BCUT2D eigenvalue weighted by Gasteiger charge is 2.25. The Morgan fingerprint density at radius 3 is 2.16 bits per heavy atom. The largest absolute Gasteiger partial charge is 0.477 e. The van der Waals surface area contributed by atoms with Crippen molar-refractivity contribution in [3.8, 4) is 0 Å². The maximum Gasteiger partial charge on any atom is 0.427 e. The predicted molar refractivity (Wildman–Crippen MR) is 93.9 cm³/mol. The van der Waals surface area contributed by atoms with E-state index >= 15 is 0 Å². The lowest BCUT2D eigenvalue weighted by molar-refractivity contribution is 0.0510. The number of rotatable bonds is 3. The molecular weight excluding hydrogens is 344 g/mol. The fourth-order valence-corrected chi connectivity index (χ4v) is 2.65. The number of hydrogen-bond acceptors (Lipinski definition) is 5. The van der Waals surface area contributed by atoms with E-state index in [-0.39, 0.29) is 9.75 Å². The molecule has 2 amide bonds. The van der Waals surface area contributed by atoms with Crippen LogP contribution in [0.1, 0.15) is 40.1 Å². The third-order valence-electron chi connectivity index (χ3n) is 2.85. The number of para-hydroxylation sites is 1. The van der Waals surface area contributed by atoms with Crippen molar-refractivity contribution in [2.75, 3.05) is 5.01 Å². The third kappa shape index (κ3) is 5.05. The summed E-state index contributed by atoms with van der Waals surface area (Å²) in [6.07, 6.45) is -0.792. The highest BCUT2D eigenvalue weighted by molar-refractivity contribution is 7.16. The quantitative estimate of drug-likeness (QED) is 0.814. The zero-order valence-electron chi connectivity index (χ0n) is 14.0. The summed E-state index contributed by atoms with van der Waals surface area (Å²) in [5.41, 5.74) is 2.10. The molecule has 7 nitrogen and oxygen atoms in total. The molecule has 0 bridgehead atoms. The van der Waals surface area contributed by atoms with E-state index in [9.17, 15) is 14.4 Å². The Labute approximate surface area is 148 Å². The molecule has 0 aliphatic rings. The van der Waals surface area contributed by atoms with Gasteiger partial charge in [0, 0.05) is 0 Å². The number of amides is 2. The number of thiophene rings is 1. The molecule has 0 unspecified atom stereocenters. The summed E-state index contributed by atoms with van der Waals surface area (Å²) in [5.74, 6) is -1.68. The van der Waals surface area contributed by atoms with Crippen molar-refractivity contribution >= 4 is 35.0 Å². The lowest BCUT2D eigenvalue weighted by atomic mass is 10.2. The summed E-state index contributed by atoms with van der Waals surface area (Å²) in [6, 6.07) is 11.2. The number of hydrazine groups is 1. The number of hydrogen-bond donors (Lipinski definition) is 2. The van der Waals surface area contributed by atoms with Crippen LogP contribution in [0.4, 0.5) is 10.5 Å². The second kappa shape index (κ2) is 7.35. The van der Waals surface area contributed by atoms with Crippen molar-refractivity contribution in [3.63, 3.8) is 0 Å². The molecule has 0 spiro atoms. The van der Waals surface area contributed by atoms with Crippen LogP contribution in [0.25, 0.3) is 0 Å². The van der Waals surface area contributed by atoms with Gasteiger partial charge in [0.2, 0.25) is 0 Å². The number of carbonyl (C=O) groups excluding carboxylic acids is 2. The number of benzene rings is 1. The lowest BCUT2D eigenvalue weighted by Gasteiger charge is -2.25. The molecule has 25 heavy (non-hydrogen) atoms. The van der Waals surface area contributed by atoms with Crippen LogP contribution in [0.3, 0.4) is 0 Å². The number of nitrogens with zero attached hydrogens (tertiary/aromatic N) is 1. The molecule has 2 aromatic rings. The number of carboxylic acid groups (broad SMARTS) is 1. The van der Waals surface area contributed by atoms with Gasteiger partial charge in [-0.3, -0.25) is 4.79 Å². The average Bonchev–Trinajstić information content (AvgIpc) is 3.01. The Bertz CT molecular complexity index is 780. The summed E-state index contributed by atoms with van der Waals surface area (Å²) in [7, 11) is 0. The zero-order valence-corrected chi connectivity index (χ0v) is 14.8. The Morgan fingerprint density at radius 2 is 1.64 bits per heavy atom. The van der Waals surface area contributed by atoms with Crippen LogP contribution in [0.2, 0.25) is 0 Å². The number of anilines is 1. The van der Waals surface area contributed by atoms with Gasteiger partial charge in [0.1, 0.15) is 10.5 Å². The molecule has 0 aliphatic heterocycles. The summed E-state index contributed by atoms with van der Waals surface area (Å²) in [5, 5.41) is 10.0. The van der Waals surface area contributed by atoms with Crippen LogP contribution in [0.15, 0.2) is 42.5 Å². The van der Waals surface area contributed by atoms with Gasteiger partial charge in [-0.05, 0) is 45.0 Å². The van der Waals surface area contributed by atoms with Gasteiger partial charge in [-0.1, -0.05) is 18.2 Å². The summed E-state index contributed by atoms with van der Waals surface area (Å²) in [4.78, 5) is 36.0. The lowest BCUT2D eigenvalue weighted by Crippen LogP contribution is -2.48. The zero-order chi connectivity index (χ0) is 18.6. The van der Waals surface area contributed by atoms with Crippen molar-refractivity contribution in [1.82, 2.24) is 5.43 Å². The van der Waals surface area contributed by atoms with Crippen LogP contribution in [-0.4, -0.2) is 28.7 Å². The molecule has 2 rings (SSSR count). The SMILES string of the molecule is CC(C)(C)OC(=O)NN(C(=O)c1ccc(C(=O)O)s1)c1ccccc1. The molecule has 1 aromatic carbocycles. The summed E-state index contributed by atoms with van der Waals surface area (Å²) in [6.45, 7) is 5.12. The van der Waals surface area contributed by atoms with Gasteiger partial charge < -0.3 is 9.84 Å². The molecular formula is C17H18N2O5S. The molecule has 0 radical (unpaired) electrons. The van der Waals surface area contributed by atoms with E-state index in [0.717, 1.165) is 16.3 Å². The Hall–Kier alpha value is -2.87. The van der Waals surface area contributed by atoms with Gasteiger partial charge in [0.15, 0.2) is 0 Å². The first kappa shape index (κ1) is 18.5. The number of nitrogens with one attached hydrogen (secondary N) is 1. The first-order valence-corrected chi connectivity index (χ1v) is 8.21. The molecule has 2 N–H and O–H groups in total. The van der Waals surface area contributed by atoms with Gasteiger partial charge >= 0.3 is 12.1 Å². The molecule has 0 aliphatic carbocycles. The van der Waals surface area contributed by atoms with Crippen molar-refractivity contribution in [1.29, 1.82) is 0 Å². The van der Waals surface area contributed by atoms with Crippen molar-refractivity contribution in [2.24, 2.45) is 0 Å². The second-order valence-electron chi connectivity index (χ2n) is 6.06. The highest BCUT2D eigenvalue weighted by atomic mass is 32.1. The molecule has 132 valence electrons. The molecule has 0 saturated carbocycles. The molecule has 1 heterocycles. The first-order chi connectivity index (χ1) is 11.7. The van der Waals surface area contributed by atoms with Gasteiger partial charge in [0.05, 0.1) is 10.6 Å². The molecule has 0 fully saturated rings. The Balaban J connectivity index is 2.29. The van der Waals surface area contributed by atoms with Crippen LogP contribution in [0, 0.1) is 0 Å². The van der Waals surface area contributed by atoms with Gasteiger partial charge in [-0.25, -0.2) is 20.0 Å². The minimum atomic E-state index is -1.12. The van der Waals surface area contributed by atoms with Gasteiger partial charge in [-0.15, -0.1) is 11.3 Å². The minimum absolute atomic E-state index is 0.0358. The van der Waals surface area contributed by atoms with E-state index in [1.54, 1.807) is 51.1 Å².